The molecule has 1 aromatic heterocycles. The third kappa shape index (κ3) is 5.68. The molecule has 0 spiro atoms. The van der Waals surface area contributed by atoms with E-state index in [9.17, 15) is 18.0 Å². The highest BCUT2D eigenvalue weighted by Crippen LogP contribution is 2.27. The molecule has 1 fully saturated rings. The van der Waals surface area contributed by atoms with Gasteiger partial charge in [-0.25, -0.2) is 0 Å². The second-order valence-electron chi connectivity index (χ2n) is 4.45. The number of pyridine rings is 1. The van der Waals surface area contributed by atoms with Crippen LogP contribution in [-0.4, -0.2) is 30.0 Å². The Morgan fingerprint density at radius 3 is 2.52 bits per heavy atom. The van der Waals surface area contributed by atoms with E-state index in [0.29, 0.717) is 6.54 Å². The van der Waals surface area contributed by atoms with E-state index in [0.717, 1.165) is 37.7 Å². The SMILES string of the molecule is Cl.Cl.O=C(N[C@@H]1CCCNC1)c1ccc(C(F)(F)F)nc1. The summed E-state index contributed by atoms with van der Waals surface area (Å²) in [5.74, 6) is -0.394. The zero-order valence-corrected chi connectivity index (χ0v) is 12.6. The number of hydrogen-bond acceptors (Lipinski definition) is 3. The molecule has 1 aromatic rings. The van der Waals surface area contributed by atoms with Gasteiger partial charge in [0, 0.05) is 18.8 Å². The van der Waals surface area contributed by atoms with Crippen LogP contribution in [0.25, 0.3) is 0 Å². The Morgan fingerprint density at radius 2 is 2.05 bits per heavy atom. The first-order chi connectivity index (χ1) is 8.97. The van der Waals surface area contributed by atoms with Crippen LogP contribution in [0.3, 0.4) is 0 Å². The molecule has 9 heteroatoms. The van der Waals surface area contributed by atoms with Crippen LogP contribution in [0.1, 0.15) is 28.9 Å². The molecule has 0 saturated carbocycles. The van der Waals surface area contributed by atoms with Gasteiger partial charge < -0.3 is 10.6 Å². The van der Waals surface area contributed by atoms with Gasteiger partial charge in [0.1, 0.15) is 5.69 Å². The van der Waals surface area contributed by atoms with Crippen LogP contribution in [0.2, 0.25) is 0 Å². The smallest absolute Gasteiger partial charge is 0.348 e. The maximum atomic E-state index is 12.3. The van der Waals surface area contributed by atoms with Gasteiger partial charge in [-0.05, 0) is 31.5 Å². The highest BCUT2D eigenvalue weighted by Gasteiger charge is 2.32. The van der Waals surface area contributed by atoms with Crippen LogP contribution < -0.4 is 10.6 Å². The van der Waals surface area contributed by atoms with E-state index in [4.69, 9.17) is 0 Å². The van der Waals surface area contributed by atoms with Crippen LogP contribution >= 0.6 is 24.8 Å². The average molecular weight is 346 g/mol. The van der Waals surface area contributed by atoms with Gasteiger partial charge in [0.15, 0.2) is 0 Å². The zero-order chi connectivity index (χ0) is 13.9. The van der Waals surface area contributed by atoms with Gasteiger partial charge in [-0.1, -0.05) is 0 Å². The first-order valence-corrected chi connectivity index (χ1v) is 6.01. The van der Waals surface area contributed by atoms with E-state index in [1.54, 1.807) is 0 Å². The Kier molecular flexibility index (Phi) is 7.99. The Balaban J connectivity index is 0.00000200. The standard InChI is InChI=1S/C12H14F3N3O.2ClH/c13-12(14,15)10-4-3-8(6-17-10)11(19)18-9-2-1-5-16-7-9;;/h3-4,6,9,16H,1-2,5,7H2,(H,18,19);2*1H/t9-;;/m1../s1. The first kappa shape index (κ1) is 19.9. The summed E-state index contributed by atoms with van der Waals surface area (Å²) < 4.78 is 37.0. The average Bonchev–Trinajstić information content (AvgIpc) is 2.39. The summed E-state index contributed by atoms with van der Waals surface area (Å²) in [5, 5.41) is 5.91. The highest BCUT2D eigenvalue weighted by molar-refractivity contribution is 5.94. The molecular weight excluding hydrogens is 330 g/mol. The molecule has 2 rings (SSSR count). The number of nitrogens with one attached hydrogen (secondary N) is 2. The predicted octanol–water partition coefficient (Wildman–Crippen LogP) is 2.43. The van der Waals surface area contributed by atoms with Crippen molar-refractivity contribution in [3.63, 3.8) is 0 Å². The molecule has 1 amide bonds. The summed E-state index contributed by atoms with van der Waals surface area (Å²) in [4.78, 5) is 15.1. The highest BCUT2D eigenvalue weighted by atomic mass is 35.5. The topological polar surface area (TPSA) is 54.0 Å². The van der Waals surface area contributed by atoms with Crippen molar-refractivity contribution in [3.05, 3.63) is 29.6 Å². The van der Waals surface area contributed by atoms with Gasteiger partial charge in [0.25, 0.3) is 5.91 Å². The number of carbonyl (C=O) groups excluding carboxylic acids is 1. The number of amides is 1. The van der Waals surface area contributed by atoms with E-state index >= 15 is 0 Å². The van der Waals surface area contributed by atoms with E-state index < -0.39 is 17.8 Å². The molecule has 0 radical (unpaired) electrons. The van der Waals surface area contributed by atoms with Gasteiger partial charge in [0.2, 0.25) is 0 Å². The van der Waals surface area contributed by atoms with Crippen molar-refractivity contribution in [2.24, 2.45) is 0 Å². The lowest BCUT2D eigenvalue weighted by molar-refractivity contribution is -0.141. The zero-order valence-electron chi connectivity index (χ0n) is 10.9. The van der Waals surface area contributed by atoms with Gasteiger partial charge >= 0.3 is 6.18 Å². The number of alkyl halides is 3. The molecule has 21 heavy (non-hydrogen) atoms. The Hall–Kier alpha value is -1.05. The fourth-order valence-electron chi connectivity index (χ4n) is 1.94. The maximum Gasteiger partial charge on any atom is 0.433 e. The van der Waals surface area contributed by atoms with Crippen LogP contribution in [0.4, 0.5) is 13.2 Å². The molecule has 0 bridgehead atoms. The Labute approximate surface area is 132 Å². The number of carbonyl (C=O) groups is 1. The molecule has 0 aliphatic carbocycles. The Bertz CT molecular complexity index is 448. The van der Waals surface area contributed by atoms with Crippen molar-refractivity contribution in [2.75, 3.05) is 13.1 Å². The van der Waals surface area contributed by atoms with E-state index in [1.807, 2.05) is 0 Å². The summed E-state index contributed by atoms with van der Waals surface area (Å²) in [7, 11) is 0. The fraction of sp³-hybridized carbons (Fsp3) is 0.500. The Morgan fingerprint density at radius 1 is 1.33 bits per heavy atom. The number of rotatable bonds is 2. The second kappa shape index (κ2) is 8.41. The minimum atomic E-state index is -4.48. The number of hydrogen-bond donors (Lipinski definition) is 2. The first-order valence-electron chi connectivity index (χ1n) is 6.01. The fourth-order valence-corrected chi connectivity index (χ4v) is 1.94. The van der Waals surface area contributed by atoms with E-state index in [1.165, 1.54) is 0 Å². The monoisotopic (exact) mass is 345 g/mol. The summed E-state index contributed by atoms with van der Waals surface area (Å²) in [6.07, 6.45) is -1.69. The van der Waals surface area contributed by atoms with Crippen LogP contribution in [-0.2, 0) is 6.18 Å². The van der Waals surface area contributed by atoms with E-state index in [-0.39, 0.29) is 36.4 Å². The third-order valence-electron chi connectivity index (χ3n) is 2.95. The van der Waals surface area contributed by atoms with Crippen molar-refractivity contribution in [1.29, 1.82) is 0 Å². The summed E-state index contributed by atoms with van der Waals surface area (Å²) in [6.45, 7) is 1.61. The number of nitrogens with zero attached hydrogens (tertiary/aromatic N) is 1. The molecule has 4 nitrogen and oxygen atoms in total. The molecular formula is C12H16Cl2F3N3O. The predicted molar refractivity (Wildman–Crippen MR) is 77.1 cm³/mol. The minimum Gasteiger partial charge on any atom is -0.348 e. The molecule has 0 aromatic carbocycles. The summed E-state index contributed by atoms with van der Waals surface area (Å²) >= 11 is 0. The molecule has 1 saturated heterocycles. The molecule has 120 valence electrons. The third-order valence-corrected chi connectivity index (χ3v) is 2.95. The summed E-state index contributed by atoms with van der Waals surface area (Å²) in [6, 6.07) is 1.97. The largest absolute Gasteiger partial charge is 0.433 e. The van der Waals surface area contributed by atoms with E-state index in [2.05, 4.69) is 15.6 Å². The maximum absolute atomic E-state index is 12.3. The number of piperidine rings is 1. The minimum absolute atomic E-state index is 0. The quantitative estimate of drug-likeness (QED) is 0.865. The van der Waals surface area contributed by atoms with Crippen molar-refractivity contribution >= 4 is 30.7 Å². The molecule has 2 heterocycles. The molecule has 1 atom stereocenters. The molecule has 0 unspecified atom stereocenters. The lowest BCUT2D eigenvalue weighted by Gasteiger charge is -2.23. The number of aromatic nitrogens is 1. The number of halogens is 5. The lowest BCUT2D eigenvalue weighted by atomic mass is 10.1. The summed E-state index contributed by atoms with van der Waals surface area (Å²) in [5.41, 5.74) is -0.859. The normalized spacial score (nSPS) is 18.1. The molecule has 1 aliphatic heterocycles. The lowest BCUT2D eigenvalue weighted by Crippen LogP contribution is -2.45. The van der Waals surface area contributed by atoms with Crippen LogP contribution in [0, 0.1) is 0 Å². The van der Waals surface area contributed by atoms with Crippen molar-refractivity contribution in [1.82, 2.24) is 15.6 Å². The van der Waals surface area contributed by atoms with Crippen LogP contribution in [0.15, 0.2) is 18.3 Å². The molecule has 1 aliphatic rings. The van der Waals surface area contributed by atoms with Gasteiger partial charge in [-0.15, -0.1) is 24.8 Å². The molecule has 2 N–H and O–H groups in total. The van der Waals surface area contributed by atoms with Crippen LogP contribution in [0.5, 0.6) is 0 Å². The van der Waals surface area contributed by atoms with Crippen molar-refractivity contribution in [3.8, 4) is 0 Å². The van der Waals surface area contributed by atoms with Gasteiger partial charge in [0.05, 0.1) is 5.56 Å². The van der Waals surface area contributed by atoms with Gasteiger partial charge in [-0.2, -0.15) is 13.2 Å². The second-order valence-corrected chi connectivity index (χ2v) is 4.45. The van der Waals surface area contributed by atoms with Crippen molar-refractivity contribution in [2.45, 2.75) is 25.1 Å². The van der Waals surface area contributed by atoms with Gasteiger partial charge in [-0.3, -0.25) is 9.78 Å². The van der Waals surface area contributed by atoms with Crippen molar-refractivity contribution < 1.29 is 18.0 Å².